The number of hydrogen-bond acceptors (Lipinski definition) is 4. The maximum absolute atomic E-state index is 12.0. The molecule has 0 amide bonds. The van der Waals surface area contributed by atoms with Crippen molar-refractivity contribution in [1.82, 2.24) is 9.78 Å². The van der Waals surface area contributed by atoms with Crippen molar-refractivity contribution >= 4 is 5.69 Å². The van der Waals surface area contributed by atoms with Crippen molar-refractivity contribution in [2.45, 2.75) is 26.5 Å². The molecule has 0 fully saturated rings. The van der Waals surface area contributed by atoms with Crippen molar-refractivity contribution in [2.24, 2.45) is 0 Å². The van der Waals surface area contributed by atoms with Crippen molar-refractivity contribution < 1.29 is 5.11 Å². The van der Waals surface area contributed by atoms with Crippen LogP contribution in [0, 0.1) is 13.8 Å². The van der Waals surface area contributed by atoms with Gasteiger partial charge in [-0.15, -0.1) is 0 Å². The number of aliphatic hydroxyl groups is 1. The van der Waals surface area contributed by atoms with Gasteiger partial charge in [-0.05, 0) is 25.0 Å². The van der Waals surface area contributed by atoms with Crippen molar-refractivity contribution in [2.75, 3.05) is 19.0 Å². The summed E-state index contributed by atoms with van der Waals surface area (Å²) >= 11 is 0. The van der Waals surface area contributed by atoms with Crippen LogP contribution < -0.4 is 10.5 Å². The predicted octanol–water partition coefficient (Wildman–Crippen LogP) is 1.66. The number of aryl methyl sites for hydroxylation is 2. The van der Waals surface area contributed by atoms with Gasteiger partial charge >= 0.3 is 0 Å². The van der Waals surface area contributed by atoms with Crippen LogP contribution in [0.3, 0.4) is 0 Å². The number of aliphatic hydroxyl groups excluding tert-OH is 1. The molecule has 1 unspecified atom stereocenters. The molecule has 0 spiro atoms. The summed E-state index contributed by atoms with van der Waals surface area (Å²) in [5.41, 5.74) is 3.45. The van der Waals surface area contributed by atoms with Gasteiger partial charge in [0.15, 0.2) is 0 Å². The van der Waals surface area contributed by atoms with E-state index < -0.39 is 6.10 Å². The molecule has 0 bridgehead atoms. The molecule has 5 nitrogen and oxygen atoms in total. The molecule has 0 aliphatic carbocycles. The Kier molecular flexibility index (Phi) is 4.43. The quantitative estimate of drug-likeness (QED) is 0.929. The Morgan fingerprint density at radius 1 is 1.29 bits per heavy atom. The molecule has 2 aromatic rings. The summed E-state index contributed by atoms with van der Waals surface area (Å²) in [6.45, 7) is 4.08. The van der Waals surface area contributed by atoms with Crippen LogP contribution in [0.25, 0.3) is 0 Å². The van der Waals surface area contributed by atoms with Crippen LogP contribution in [0.2, 0.25) is 0 Å². The van der Waals surface area contributed by atoms with Crippen LogP contribution in [0.1, 0.15) is 22.8 Å². The highest BCUT2D eigenvalue weighted by Crippen LogP contribution is 2.20. The van der Waals surface area contributed by atoms with Crippen LogP contribution in [0.15, 0.2) is 35.3 Å². The molecule has 21 heavy (non-hydrogen) atoms. The van der Waals surface area contributed by atoms with Gasteiger partial charge in [0, 0.05) is 20.2 Å². The third kappa shape index (κ3) is 3.49. The lowest BCUT2D eigenvalue weighted by atomic mass is 10.0. The molecule has 5 heteroatoms. The predicted molar refractivity (Wildman–Crippen MR) is 83.7 cm³/mol. The molecule has 1 heterocycles. The fourth-order valence-electron chi connectivity index (χ4n) is 2.19. The number of hydrogen-bond donors (Lipinski definition) is 1. The van der Waals surface area contributed by atoms with Gasteiger partial charge in [0.05, 0.1) is 24.5 Å². The van der Waals surface area contributed by atoms with Crippen molar-refractivity contribution in [3.8, 4) is 0 Å². The summed E-state index contributed by atoms with van der Waals surface area (Å²) in [6, 6.07) is 7.43. The lowest BCUT2D eigenvalue weighted by molar-refractivity contribution is 0.148. The number of benzene rings is 1. The van der Waals surface area contributed by atoms with E-state index >= 15 is 0 Å². The summed E-state index contributed by atoms with van der Waals surface area (Å²) in [5.74, 6) is 0. The second-order valence-electron chi connectivity index (χ2n) is 5.50. The second-order valence-corrected chi connectivity index (χ2v) is 5.50. The zero-order valence-electron chi connectivity index (χ0n) is 12.9. The molecule has 0 saturated carbocycles. The summed E-state index contributed by atoms with van der Waals surface area (Å²) in [5, 5.41) is 14.5. The Labute approximate surface area is 124 Å². The van der Waals surface area contributed by atoms with E-state index in [4.69, 9.17) is 0 Å². The largest absolute Gasteiger partial charge is 0.386 e. The lowest BCUT2D eigenvalue weighted by Gasteiger charge is -2.16. The molecule has 112 valence electrons. The van der Waals surface area contributed by atoms with Gasteiger partial charge < -0.3 is 10.0 Å². The van der Waals surface area contributed by atoms with Crippen molar-refractivity contribution in [1.29, 1.82) is 0 Å². The summed E-state index contributed by atoms with van der Waals surface area (Å²) in [7, 11) is 3.71. The highest BCUT2D eigenvalue weighted by molar-refractivity contribution is 5.40. The Bertz CT molecular complexity index is 692. The molecule has 0 saturated heterocycles. The van der Waals surface area contributed by atoms with Crippen LogP contribution in [0.5, 0.6) is 0 Å². The fraction of sp³-hybridized carbons (Fsp3) is 0.375. The number of nitrogens with zero attached hydrogens (tertiary/aromatic N) is 3. The number of rotatable bonds is 4. The van der Waals surface area contributed by atoms with E-state index in [0.29, 0.717) is 0 Å². The average molecular weight is 287 g/mol. The summed E-state index contributed by atoms with van der Waals surface area (Å²) in [4.78, 5) is 13.8. The Balaban J connectivity index is 2.25. The van der Waals surface area contributed by atoms with Gasteiger partial charge in [-0.2, -0.15) is 5.10 Å². The van der Waals surface area contributed by atoms with E-state index in [1.54, 1.807) is 6.20 Å². The molecule has 0 aliphatic rings. The average Bonchev–Trinajstić information content (AvgIpc) is 2.43. The van der Waals surface area contributed by atoms with Crippen LogP contribution in [-0.4, -0.2) is 29.0 Å². The zero-order chi connectivity index (χ0) is 15.6. The SMILES string of the molecule is Cc1ccc(C)c(C(O)Cn2ncc(N(C)C)cc2=O)c1. The fourth-order valence-corrected chi connectivity index (χ4v) is 2.19. The van der Waals surface area contributed by atoms with Gasteiger partial charge in [0.2, 0.25) is 0 Å². The molecule has 1 aromatic carbocycles. The second kappa shape index (κ2) is 6.10. The van der Waals surface area contributed by atoms with Crippen LogP contribution in [-0.2, 0) is 6.54 Å². The Morgan fingerprint density at radius 2 is 2.00 bits per heavy atom. The van der Waals surface area contributed by atoms with Gasteiger partial charge in [-0.25, -0.2) is 4.68 Å². The highest BCUT2D eigenvalue weighted by atomic mass is 16.3. The molecule has 1 N–H and O–H groups in total. The minimum Gasteiger partial charge on any atom is -0.386 e. The lowest BCUT2D eigenvalue weighted by Crippen LogP contribution is -2.26. The van der Waals surface area contributed by atoms with Crippen LogP contribution >= 0.6 is 0 Å². The first-order valence-electron chi connectivity index (χ1n) is 6.88. The first-order valence-corrected chi connectivity index (χ1v) is 6.88. The van der Waals surface area contributed by atoms with E-state index in [9.17, 15) is 9.90 Å². The van der Waals surface area contributed by atoms with Crippen LogP contribution in [0.4, 0.5) is 5.69 Å². The minimum absolute atomic E-state index is 0.150. The molecule has 0 aliphatic heterocycles. The highest BCUT2D eigenvalue weighted by Gasteiger charge is 2.13. The first kappa shape index (κ1) is 15.3. The van der Waals surface area contributed by atoms with E-state index in [0.717, 1.165) is 22.4 Å². The van der Waals surface area contributed by atoms with Crippen molar-refractivity contribution in [3.63, 3.8) is 0 Å². The molecule has 2 rings (SSSR count). The topological polar surface area (TPSA) is 58.4 Å². The summed E-state index contributed by atoms with van der Waals surface area (Å²) in [6.07, 6.45) is 0.873. The first-order chi connectivity index (χ1) is 9.88. The Hall–Kier alpha value is -2.14. The monoisotopic (exact) mass is 287 g/mol. The smallest absolute Gasteiger partial charge is 0.268 e. The molecule has 0 radical (unpaired) electrons. The van der Waals surface area contributed by atoms with E-state index in [1.807, 2.05) is 51.0 Å². The number of anilines is 1. The Morgan fingerprint density at radius 3 is 2.62 bits per heavy atom. The van der Waals surface area contributed by atoms with Crippen molar-refractivity contribution in [3.05, 3.63) is 57.5 Å². The molecular formula is C16H21N3O2. The standard InChI is InChI=1S/C16H21N3O2/c1-11-5-6-12(2)14(7-11)15(20)10-19-16(21)8-13(9-17-19)18(3)4/h5-9,15,20H,10H2,1-4H3. The van der Waals surface area contributed by atoms with Gasteiger partial charge in [-0.1, -0.05) is 23.8 Å². The van der Waals surface area contributed by atoms with E-state index in [1.165, 1.54) is 10.7 Å². The zero-order valence-corrected chi connectivity index (χ0v) is 12.9. The molecule has 1 atom stereocenters. The third-order valence-corrected chi connectivity index (χ3v) is 3.51. The van der Waals surface area contributed by atoms with Gasteiger partial charge in [0.1, 0.15) is 0 Å². The number of aromatic nitrogens is 2. The van der Waals surface area contributed by atoms with E-state index in [2.05, 4.69) is 5.10 Å². The molecular weight excluding hydrogens is 266 g/mol. The molecule has 1 aromatic heterocycles. The minimum atomic E-state index is -0.750. The van der Waals surface area contributed by atoms with Gasteiger partial charge in [-0.3, -0.25) is 4.79 Å². The third-order valence-electron chi connectivity index (χ3n) is 3.51. The maximum atomic E-state index is 12.0. The maximum Gasteiger partial charge on any atom is 0.268 e. The van der Waals surface area contributed by atoms with E-state index in [-0.39, 0.29) is 12.1 Å². The summed E-state index contributed by atoms with van der Waals surface area (Å²) < 4.78 is 1.29. The van der Waals surface area contributed by atoms with Gasteiger partial charge in [0.25, 0.3) is 5.56 Å². The normalized spacial score (nSPS) is 12.2.